The SMILES string of the molecule is Cc1c(C(=O)Oc2ccccc2CNC(CO)C(=O)O)cccc1-c1ccccc1. The van der Waals surface area contributed by atoms with Gasteiger partial charge in [0.2, 0.25) is 0 Å². The van der Waals surface area contributed by atoms with Crippen LogP contribution in [0.5, 0.6) is 5.75 Å². The maximum Gasteiger partial charge on any atom is 0.343 e. The molecule has 1 atom stereocenters. The summed E-state index contributed by atoms with van der Waals surface area (Å²) in [7, 11) is 0. The number of carbonyl (C=O) groups excluding carboxylic acids is 1. The number of para-hydroxylation sites is 1. The summed E-state index contributed by atoms with van der Waals surface area (Å²) in [5.41, 5.74) is 3.85. The molecule has 0 fully saturated rings. The fraction of sp³-hybridized carbons (Fsp3) is 0.167. The van der Waals surface area contributed by atoms with E-state index >= 15 is 0 Å². The Morgan fingerprint density at radius 3 is 2.37 bits per heavy atom. The second-order valence-electron chi connectivity index (χ2n) is 6.80. The van der Waals surface area contributed by atoms with Gasteiger partial charge in [-0.1, -0.05) is 60.7 Å². The van der Waals surface area contributed by atoms with Crippen LogP contribution in [0, 0.1) is 6.92 Å². The first kappa shape index (κ1) is 21.2. The lowest BCUT2D eigenvalue weighted by molar-refractivity contribution is -0.140. The molecule has 0 amide bonds. The van der Waals surface area contributed by atoms with E-state index in [0.29, 0.717) is 16.9 Å². The minimum Gasteiger partial charge on any atom is -0.480 e. The summed E-state index contributed by atoms with van der Waals surface area (Å²) in [6.45, 7) is 1.47. The highest BCUT2D eigenvalue weighted by atomic mass is 16.5. The molecule has 3 N–H and O–H groups in total. The van der Waals surface area contributed by atoms with E-state index in [-0.39, 0.29) is 6.54 Å². The number of aliphatic hydroxyl groups is 1. The minimum absolute atomic E-state index is 0.129. The predicted molar refractivity (Wildman–Crippen MR) is 113 cm³/mol. The molecule has 0 aliphatic rings. The van der Waals surface area contributed by atoms with Gasteiger partial charge >= 0.3 is 11.9 Å². The van der Waals surface area contributed by atoms with Crippen LogP contribution < -0.4 is 10.1 Å². The van der Waals surface area contributed by atoms with Gasteiger partial charge in [0.25, 0.3) is 0 Å². The normalized spacial score (nSPS) is 11.7. The third-order valence-electron chi connectivity index (χ3n) is 4.83. The number of aliphatic carboxylic acids is 1. The van der Waals surface area contributed by atoms with Crippen LogP contribution in [0.2, 0.25) is 0 Å². The van der Waals surface area contributed by atoms with Crippen LogP contribution in [0.1, 0.15) is 21.5 Å². The lowest BCUT2D eigenvalue weighted by atomic mass is 9.96. The molecule has 0 heterocycles. The molecule has 6 nitrogen and oxygen atoms in total. The molecule has 3 aromatic carbocycles. The van der Waals surface area contributed by atoms with Gasteiger partial charge in [-0.15, -0.1) is 0 Å². The first-order valence-corrected chi connectivity index (χ1v) is 9.53. The molecule has 154 valence electrons. The largest absolute Gasteiger partial charge is 0.480 e. The summed E-state index contributed by atoms with van der Waals surface area (Å²) in [6, 6.07) is 21.1. The molecule has 30 heavy (non-hydrogen) atoms. The number of carboxylic acid groups (broad SMARTS) is 1. The summed E-state index contributed by atoms with van der Waals surface area (Å²) in [6.07, 6.45) is 0. The second kappa shape index (κ2) is 9.82. The minimum atomic E-state index is -1.15. The molecule has 0 spiro atoms. The number of aliphatic hydroxyl groups excluding tert-OH is 1. The maximum atomic E-state index is 12.9. The molecule has 1 unspecified atom stereocenters. The van der Waals surface area contributed by atoms with Crippen LogP contribution >= 0.6 is 0 Å². The van der Waals surface area contributed by atoms with Crippen LogP contribution in [0.4, 0.5) is 0 Å². The Bertz CT molecular complexity index is 1030. The molecule has 0 aromatic heterocycles. The van der Waals surface area contributed by atoms with E-state index in [1.165, 1.54) is 0 Å². The molecule has 0 bridgehead atoms. The van der Waals surface area contributed by atoms with Crippen LogP contribution in [-0.2, 0) is 11.3 Å². The molecule has 0 radical (unpaired) electrons. The van der Waals surface area contributed by atoms with Gasteiger partial charge in [-0.2, -0.15) is 0 Å². The molecule has 3 rings (SSSR count). The van der Waals surface area contributed by atoms with E-state index in [2.05, 4.69) is 5.32 Å². The lowest BCUT2D eigenvalue weighted by Gasteiger charge is -2.15. The van der Waals surface area contributed by atoms with Gasteiger partial charge in [-0.25, -0.2) is 4.79 Å². The maximum absolute atomic E-state index is 12.9. The van der Waals surface area contributed by atoms with Crippen molar-refractivity contribution in [2.75, 3.05) is 6.61 Å². The van der Waals surface area contributed by atoms with E-state index in [4.69, 9.17) is 14.9 Å². The highest BCUT2D eigenvalue weighted by Crippen LogP contribution is 2.27. The number of nitrogens with one attached hydrogen (secondary N) is 1. The number of esters is 1. The van der Waals surface area contributed by atoms with Crippen molar-refractivity contribution in [3.63, 3.8) is 0 Å². The fourth-order valence-corrected chi connectivity index (χ4v) is 3.15. The Labute approximate surface area is 174 Å². The zero-order chi connectivity index (χ0) is 21.5. The van der Waals surface area contributed by atoms with E-state index in [9.17, 15) is 9.59 Å². The molecule has 0 saturated carbocycles. The van der Waals surface area contributed by atoms with Gasteiger partial charge in [0.15, 0.2) is 0 Å². The topological polar surface area (TPSA) is 95.9 Å². The number of benzene rings is 3. The Morgan fingerprint density at radius 2 is 1.67 bits per heavy atom. The number of ether oxygens (including phenoxy) is 1. The van der Waals surface area contributed by atoms with Crippen molar-refractivity contribution in [2.45, 2.75) is 19.5 Å². The zero-order valence-corrected chi connectivity index (χ0v) is 16.5. The number of carboxylic acids is 1. The van der Waals surface area contributed by atoms with Crippen molar-refractivity contribution in [2.24, 2.45) is 0 Å². The van der Waals surface area contributed by atoms with Crippen molar-refractivity contribution in [1.29, 1.82) is 0 Å². The van der Waals surface area contributed by atoms with Crippen molar-refractivity contribution >= 4 is 11.9 Å². The van der Waals surface area contributed by atoms with Crippen LogP contribution in [0.25, 0.3) is 11.1 Å². The monoisotopic (exact) mass is 405 g/mol. The van der Waals surface area contributed by atoms with E-state index in [0.717, 1.165) is 16.7 Å². The third kappa shape index (κ3) is 4.92. The van der Waals surface area contributed by atoms with Crippen molar-refractivity contribution in [1.82, 2.24) is 5.32 Å². The standard InChI is InChI=1S/C24H23NO5/c1-16-19(17-8-3-2-4-9-17)11-7-12-20(16)24(29)30-22-13-6-5-10-18(22)14-25-21(15-26)23(27)28/h2-13,21,25-26H,14-15H2,1H3,(H,27,28). The van der Waals surface area contributed by atoms with Gasteiger partial charge in [-0.3, -0.25) is 10.1 Å². The summed E-state index contributed by atoms with van der Waals surface area (Å²) >= 11 is 0. The Morgan fingerprint density at radius 1 is 0.967 bits per heavy atom. The number of hydrogen-bond acceptors (Lipinski definition) is 5. The lowest BCUT2D eigenvalue weighted by Crippen LogP contribution is -2.39. The number of rotatable bonds is 8. The summed E-state index contributed by atoms with van der Waals surface area (Å²) in [5.74, 6) is -1.31. The molecular formula is C24H23NO5. The molecule has 0 saturated heterocycles. The highest BCUT2D eigenvalue weighted by molar-refractivity contribution is 5.95. The van der Waals surface area contributed by atoms with Crippen molar-refractivity contribution in [3.05, 3.63) is 89.5 Å². The Balaban J connectivity index is 1.81. The third-order valence-corrected chi connectivity index (χ3v) is 4.83. The summed E-state index contributed by atoms with van der Waals surface area (Å²) in [4.78, 5) is 24.0. The molecule has 3 aromatic rings. The molecular weight excluding hydrogens is 382 g/mol. The first-order valence-electron chi connectivity index (χ1n) is 9.53. The average Bonchev–Trinajstić information content (AvgIpc) is 2.75. The predicted octanol–water partition coefficient (Wildman–Crippen LogP) is 3.42. The van der Waals surface area contributed by atoms with Gasteiger partial charge in [0, 0.05) is 12.1 Å². The van der Waals surface area contributed by atoms with Crippen molar-refractivity contribution in [3.8, 4) is 16.9 Å². The fourth-order valence-electron chi connectivity index (χ4n) is 3.15. The summed E-state index contributed by atoms with van der Waals surface area (Å²) in [5, 5.41) is 21.0. The van der Waals surface area contributed by atoms with Crippen LogP contribution in [0.3, 0.4) is 0 Å². The van der Waals surface area contributed by atoms with Gasteiger partial charge in [0.05, 0.1) is 12.2 Å². The summed E-state index contributed by atoms with van der Waals surface area (Å²) < 4.78 is 5.64. The molecule has 6 heteroatoms. The average molecular weight is 405 g/mol. The first-order chi connectivity index (χ1) is 14.5. The Hall–Kier alpha value is -3.48. The Kier molecular flexibility index (Phi) is 6.95. The number of hydrogen-bond donors (Lipinski definition) is 3. The second-order valence-corrected chi connectivity index (χ2v) is 6.80. The van der Waals surface area contributed by atoms with E-state index in [1.807, 2.05) is 49.4 Å². The van der Waals surface area contributed by atoms with E-state index < -0.39 is 24.6 Å². The molecule has 0 aliphatic heterocycles. The van der Waals surface area contributed by atoms with Gasteiger partial charge in [0.1, 0.15) is 11.8 Å². The van der Waals surface area contributed by atoms with Crippen LogP contribution in [-0.4, -0.2) is 34.8 Å². The highest BCUT2D eigenvalue weighted by Gasteiger charge is 2.18. The zero-order valence-electron chi connectivity index (χ0n) is 16.5. The van der Waals surface area contributed by atoms with Gasteiger partial charge in [-0.05, 0) is 35.7 Å². The van der Waals surface area contributed by atoms with Crippen LogP contribution in [0.15, 0.2) is 72.8 Å². The molecule has 0 aliphatic carbocycles. The van der Waals surface area contributed by atoms with Crippen molar-refractivity contribution < 1.29 is 24.5 Å². The van der Waals surface area contributed by atoms with E-state index in [1.54, 1.807) is 30.3 Å². The number of carbonyl (C=O) groups is 2. The van der Waals surface area contributed by atoms with Gasteiger partial charge < -0.3 is 14.9 Å². The quantitative estimate of drug-likeness (QED) is 0.393. The smallest absolute Gasteiger partial charge is 0.343 e.